The molecule has 0 aliphatic carbocycles. The Bertz CT molecular complexity index is 510. The topological polar surface area (TPSA) is 105 Å². The van der Waals surface area contributed by atoms with Crippen LogP contribution in [-0.2, 0) is 16.0 Å². The minimum atomic E-state index is -0.855. The largest absolute Gasteiger partial charge is 0.339 e. The number of carbonyl (C=O) groups is 3. The Labute approximate surface area is 102 Å². The molecule has 18 heavy (non-hydrogen) atoms. The van der Waals surface area contributed by atoms with Crippen molar-refractivity contribution in [3.8, 4) is 0 Å². The summed E-state index contributed by atoms with van der Waals surface area (Å²) in [7, 11) is 0. The Hall–Kier alpha value is -2.25. The summed E-state index contributed by atoms with van der Waals surface area (Å²) in [5.41, 5.74) is 0. The third-order valence-electron chi connectivity index (χ3n) is 2.62. The number of amides is 4. The molecule has 1 atom stereocenters. The fourth-order valence-electron chi connectivity index (χ4n) is 1.59. The van der Waals surface area contributed by atoms with Gasteiger partial charge in [-0.3, -0.25) is 19.8 Å². The van der Waals surface area contributed by atoms with Crippen LogP contribution in [0, 0.1) is 12.8 Å². The molecule has 0 spiro atoms. The van der Waals surface area contributed by atoms with Crippen LogP contribution >= 0.6 is 0 Å². The number of aromatic nitrogens is 2. The van der Waals surface area contributed by atoms with Gasteiger partial charge in [0, 0.05) is 13.0 Å². The monoisotopic (exact) mass is 252 g/mol. The van der Waals surface area contributed by atoms with E-state index in [0.717, 1.165) is 4.90 Å². The van der Waals surface area contributed by atoms with Gasteiger partial charge < -0.3 is 4.52 Å². The number of aryl methyl sites for hydroxylation is 1. The standard InChI is InChI=1S/C10H12N4O4/c1-5-8(15)12-10(17)14(9(5)16)4-3-7-11-6(2)13-18-7/h5H,3-4H2,1-2H3,(H,12,15,17). The maximum atomic E-state index is 11.8. The SMILES string of the molecule is Cc1noc(CCN2C(=O)NC(=O)C(C)C2=O)n1. The molecule has 0 radical (unpaired) electrons. The van der Waals surface area contributed by atoms with E-state index in [1.807, 2.05) is 0 Å². The number of nitrogens with one attached hydrogen (secondary N) is 1. The summed E-state index contributed by atoms with van der Waals surface area (Å²) in [6, 6.07) is -0.709. The molecule has 2 heterocycles. The molecule has 0 saturated carbocycles. The first-order valence-corrected chi connectivity index (χ1v) is 5.44. The van der Waals surface area contributed by atoms with Crippen molar-refractivity contribution < 1.29 is 18.9 Å². The fourth-order valence-corrected chi connectivity index (χ4v) is 1.59. The lowest BCUT2D eigenvalue weighted by Crippen LogP contribution is -2.57. The lowest BCUT2D eigenvalue weighted by molar-refractivity contribution is -0.141. The Morgan fingerprint density at radius 2 is 2.11 bits per heavy atom. The van der Waals surface area contributed by atoms with Crippen LogP contribution in [-0.4, -0.2) is 39.4 Å². The molecular weight excluding hydrogens is 240 g/mol. The molecular formula is C10H12N4O4. The number of hydrogen-bond donors (Lipinski definition) is 1. The Kier molecular flexibility index (Phi) is 3.09. The number of urea groups is 1. The van der Waals surface area contributed by atoms with Crippen LogP contribution in [0.2, 0.25) is 0 Å². The summed E-state index contributed by atoms with van der Waals surface area (Å²) in [6.45, 7) is 3.23. The van der Waals surface area contributed by atoms with Crippen LogP contribution in [0.15, 0.2) is 4.52 Å². The van der Waals surface area contributed by atoms with Crippen LogP contribution in [0.3, 0.4) is 0 Å². The van der Waals surface area contributed by atoms with Gasteiger partial charge in [-0.1, -0.05) is 5.16 Å². The van der Waals surface area contributed by atoms with Gasteiger partial charge in [0.2, 0.25) is 17.7 Å². The first-order chi connectivity index (χ1) is 8.49. The minimum Gasteiger partial charge on any atom is -0.339 e. The molecule has 1 N–H and O–H groups in total. The zero-order valence-electron chi connectivity index (χ0n) is 9.97. The van der Waals surface area contributed by atoms with Gasteiger partial charge in [0.05, 0.1) is 0 Å². The Morgan fingerprint density at radius 3 is 2.72 bits per heavy atom. The predicted molar refractivity (Wildman–Crippen MR) is 57.2 cm³/mol. The molecule has 1 saturated heterocycles. The van der Waals surface area contributed by atoms with Crippen LogP contribution < -0.4 is 5.32 Å². The lowest BCUT2D eigenvalue weighted by atomic mass is 10.1. The second-order valence-electron chi connectivity index (χ2n) is 3.99. The van der Waals surface area contributed by atoms with Gasteiger partial charge in [0.25, 0.3) is 0 Å². The molecule has 0 aromatic carbocycles. The molecule has 4 amide bonds. The summed E-state index contributed by atoms with van der Waals surface area (Å²) in [4.78, 5) is 39.4. The molecule has 1 unspecified atom stereocenters. The van der Waals surface area contributed by atoms with E-state index < -0.39 is 23.8 Å². The second kappa shape index (κ2) is 4.55. The highest BCUT2D eigenvalue weighted by Crippen LogP contribution is 2.10. The highest BCUT2D eigenvalue weighted by molar-refractivity contribution is 6.15. The van der Waals surface area contributed by atoms with E-state index in [4.69, 9.17) is 4.52 Å². The highest BCUT2D eigenvalue weighted by Gasteiger charge is 2.37. The third-order valence-corrected chi connectivity index (χ3v) is 2.62. The Morgan fingerprint density at radius 1 is 1.39 bits per heavy atom. The molecule has 8 heteroatoms. The zero-order chi connectivity index (χ0) is 13.3. The number of rotatable bonds is 3. The summed E-state index contributed by atoms with van der Waals surface area (Å²) >= 11 is 0. The highest BCUT2D eigenvalue weighted by atomic mass is 16.5. The molecule has 1 fully saturated rings. The molecule has 8 nitrogen and oxygen atoms in total. The van der Waals surface area contributed by atoms with Crippen LogP contribution in [0.1, 0.15) is 18.6 Å². The van der Waals surface area contributed by atoms with Gasteiger partial charge in [-0.2, -0.15) is 4.98 Å². The average Bonchev–Trinajstić information content (AvgIpc) is 2.72. The fraction of sp³-hybridized carbons (Fsp3) is 0.500. The number of carbonyl (C=O) groups excluding carboxylic acids is 3. The smallest absolute Gasteiger partial charge is 0.330 e. The molecule has 1 aliphatic rings. The van der Waals surface area contributed by atoms with Crippen LogP contribution in [0.5, 0.6) is 0 Å². The minimum absolute atomic E-state index is 0.101. The number of imide groups is 2. The van der Waals surface area contributed by atoms with Gasteiger partial charge in [-0.25, -0.2) is 4.79 Å². The van der Waals surface area contributed by atoms with Crippen molar-refractivity contribution in [3.05, 3.63) is 11.7 Å². The maximum Gasteiger partial charge on any atom is 0.330 e. The van der Waals surface area contributed by atoms with Crippen molar-refractivity contribution in [2.45, 2.75) is 20.3 Å². The van der Waals surface area contributed by atoms with E-state index in [1.54, 1.807) is 6.92 Å². The van der Waals surface area contributed by atoms with E-state index in [-0.39, 0.29) is 13.0 Å². The van der Waals surface area contributed by atoms with E-state index in [0.29, 0.717) is 11.7 Å². The van der Waals surface area contributed by atoms with Crippen LogP contribution in [0.4, 0.5) is 4.79 Å². The lowest BCUT2D eigenvalue weighted by Gasteiger charge is -2.27. The molecule has 96 valence electrons. The van der Waals surface area contributed by atoms with Crippen molar-refractivity contribution >= 4 is 17.8 Å². The summed E-state index contributed by atoms with van der Waals surface area (Å²) in [5.74, 6) is -1.11. The van der Waals surface area contributed by atoms with E-state index >= 15 is 0 Å². The number of hydrogen-bond acceptors (Lipinski definition) is 6. The first kappa shape index (κ1) is 12.2. The number of nitrogens with zero attached hydrogens (tertiary/aromatic N) is 3. The van der Waals surface area contributed by atoms with E-state index in [9.17, 15) is 14.4 Å². The zero-order valence-corrected chi connectivity index (χ0v) is 9.97. The molecule has 2 rings (SSSR count). The molecule has 1 aromatic heterocycles. The summed E-state index contributed by atoms with van der Waals surface area (Å²) in [6.07, 6.45) is 0.265. The average molecular weight is 252 g/mol. The number of barbiturate groups is 1. The van der Waals surface area contributed by atoms with E-state index in [2.05, 4.69) is 15.5 Å². The normalized spacial score (nSPS) is 20.2. The van der Waals surface area contributed by atoms with Crippen LogP contribution in [0.25, 0.3) is 0 Å². The van der Waals surface area contributed by atoms with Gasteiger partial charge >= 0.3 is 6.03 Å². The summed E-state index contributed by atoms with van der Waals surface area (Å²) < 4.78 is 4.88. The quantitative estimate of drug-likeness (QED) is 0.736. The van der Waals surface area contributed by atoms with Gasteiger partial charge in [0.15, 0.2) is 5.82 Å². The first-order valence-electron chi connectivity index (χ1n) is 5.44. The molecule has 0 bridgehead atoms. The van der Waals surface area contributed by atoms with Crippen molar-refractivity contribution in [1.82, 2.24) is 20.4 Å². The van der Waals surface area contributed by atoms with Crippen molar-refractivity contribution in [3.63, 3.8) is 0 Å². The molecule has 1 aliphatic heterocycles. The van der Waals surface area contributed by atoms with Gasteiger partial charge in [0.1, 0.15) is 5.92 Å². The van der Waals surface area contributed by atoms with Gasteiger partial charge in [-0.15, -0.1) is 0 Å². The second-order valence-corrected chi connectivity index (χ2v) is 3.99. The van der Waals surface area contributed by atoms with Crippen molar-refractivity contribution in [1.29, 1.82) is 0 Å². The Balaban J connectivity index is 2.02. The maximum absolute atomic E-state index is 11.8. The summed E-state index contributed by atoms with van der Waals surface area (Å²) in [5, 5.41) is 5.71. The molecule has 1 aromatic rings. The van der Waals surface area contributed by atoms with Crippen molar-refractivity contribution in [2.24, 2.45) is 5.92 Å². The van der Waals surface area contributed by atoms with Gasteiger partial charge in [-0.05, 0) is 13.8 Å². The third kappa shape index (κ3) is 2.22. The van der Waals surface area contributed by atoms with Crippen molar-refractivity contribution in [2.75, 3.05) is 6.54 Å². The predicted octanol–water partition coefficient (Wildman–Crippen LogP) is -0.365. The van der Waals surface area contributed by atoms with E-state index in [1.165, 1.54) is 6.92 Å².